The molecule has 0 saturated heterocycles. The number of rotatable bonds is 13. The molecule has 0 aliphatic heterocycles. The summed E-state index contributed by atoms with van der Waals surface area (Å²) in [5.41, 5.74) is 8.04. The molecule has 0 spiro atoms. The van der Waals surface area contributed by atoms with E-state index in [1.807, 2.05) is 90.2 Å². The predicted molar refractivity (Wildman–Crippen MR) is 186 cm³/mol. The summed E-state index contributed by atoms with van der Waals surface area (Å²) in [6.45, 7) is 18.0. The molecule has 2 N–H and O–H groups in total. The third-order valence-electron chi connectivity index (χ3n) is 7.04. The van der Waals surface area contributed by atoms with Crippen molar-refractivity contribution in [3.05, 3.63) is 89.0 Å². The van der Waals surface area contributed by atoms with Crippen molar-refractivity contribution >= 4 is 28.8 Å². The number of carbonyl (C=O) groups excluding carboxylic acids is 2. The SMILES string of the molecule is C=CCC(=O)OC(C)C.CC.CCN[N+](=O)c1cc(CC(=O)NCc2ccccc2)ccc1/C(C)=C/N=C(C)C1CCCCC1. The molecule has 1 aliphatic carbocycles. The smallest absolute Gasteiger partial charge is 0.309 e. The van der Waals surface area contributed by atoms with E-state index in [-0.39, 0.29) is 24.4 Å². The van der Waals surface area contributed by atoms with Crippen LogP contribution >= 0.6 is 0 Å². The van der Waals surface area contributed by atoms with Gasteiger partial charge in [-0.2, -0.15) is 0 Å². The number of carbonyl (C=O) groups is 2. The lowest BCUT2D eigenvalue weighted by Gasteiger charge is -2.20. The number of nitrogens with one attached hydrogen (secondary N) is 2. The second kappa shape index (κ2) is 22.4. The first-order chi connectivity index (χ1) is 21.6. The topological polar surface area (TPSA) is 99.9 Å². The highest BCUT2D eigenvalue weighted by Gasteiger charge is 2.22. The Morgan fingerprint density at radius 2 is 1.71 bits per heavy atom. The fourth-order valence-corrected chi connectivity index (χ4v) is 4.78. The Labute approximate surface area is 271 Å². The van der Waals surface area contributed by atoms with E-state index in [9.17, 15) is 14.5 Å². The zero-order valence-corrected chi connectivity index (χ0v) is 28.5. The minimum absolute atomic E-state index is 0.0163. The quantitative estimate of drug-likeness (QED) is 0.0771. The van der Waals surface area contributed by atoms with E-state index in [1.54, 1.807) is 6.07 Å². The van der Waals surface area contributed by atoms with Gasteiger partial charge in [-0.25, -0.2) is 0 Å². The van der Waals surface area contributed by atoms with Gasteiger partial charge in [0, 0.05) is 24.5 Å². The number of benzene rings is 2. The van der Waals surface area contributed by atoms with Crippen LogP contribution in [0.15, 0.2) is 72.4 Å². The zero-order chi connectivity index (χ0) is 33.6. The maximum absolute atomic E-state index is 12.7. The Bertz CT molecular complexity index is 1260. The second-order valence-corrected chi connectivity index (χ2v) is 11.0. The summed E-state index contributed by atoms with van der Waals surface area (Å²) in [5, 5.41) is 2.95. The van der Waals surface area contributed by atoms with Crippen molar-refractivity contribution in [2.24, 2.45) is 10.9 Å². The molecule has 8 nitrogen and oxygen atoms in total. The van der Waals surface area contributed by atoms with Crippen molar-refractivity contribution in [2.75, 3.05) is 6.54 Å². The van der Waals surface area contributed by atoms with Crippen LogP contribution in [0.3, 0.4) is 0 Å². The first kappa shape index (κ1) is 39.0. The summed E-state index contributed by atoms with van der Waals surface area (Å²) >= 11 is 0. The molecule has 0 radical (unpaired) electrons. The van der Waals surface area contributed by atoms with Crippen molar-refractivity contribution < 1.29 is 19.2 Å². The third-order valence-corrected chi connectivity index (χ3v) is 7.04. The van der Waals surface area contributed by atoms with Gasteiger partial charge in [0.05, 0.1) is 36.0 Å². The van der Waals surface area contributed by atoms with Crippen molar-refractivity contribution in [3.63, 3.8) is 0 Å². The van der Waals surface area contributed by atoms with E-state index >= 15 is 0 Å². The Morgan fingerprint density at radius 3 is 2.31 bits per heavy atom. The Morgan fingerprint density at radius 1 is 1.04 bits per heavy atom. The number of nitrogens with zero attached hydrogens (tertiary/aromatic N) is 2. The fraction of sp³-hybridized carbons (Fsp3) is 0.486. The Hall–Kier alpha value is -4.07. The van der Waals surface area contributed by atoms with Crippen LogP contribution in [0.5, 0.6) is 0 Å². The summed E-state index contributed by atoms with van der Waals surface area (Å²) < 4.78 is 4.78. The predicted octanol–water partition coefficient (Wildman–Crippen LogP) is 8.42. The molecule has 8 heteroatoms. The standard InChI is InChI=1S/C28H36N4O2.C7H12O2.C2H6/c1-4-31-32(34)27-17-24(18-28(33)30-20-23-11-7-5-8-12-23)15-16-26(27)21(2)19-29-22(3)25-13-9-6-10-14-25;1-4-5-7(8)9-6(2)3;1-2/h5,7-8,11-12,15-17,19,25H,4,6,9-10,13-14,18,20H2,1-3H3,(H-,30,31,33,34);4,6H,1,5H2,2-3H3;1-2H3/p+1/b21-19+,29-22?;;. The molecular weight excluding hydrogens is 564 g/mol. The van der Waals surface area contributed by atoms with Crippen LogP contribution in [0.4, 0.5) is 5.69 Å². The molecule has 1 aliphatic rings. The first-order valence-corrected chi connectivity index (χ1v) is 16.3. The monoisotopic (exact) mass is 619 g/mol. The molecule has 246 valence electrons. The average molecular weight is 620 g/mol. The highest BCUT2D eigenvalue weighted by molar-refractivity contribution is 5.86. The number of esters is 1. The van der Waals surface area contributed by atoms with Gasteiger partial charge < -0.3 is 10.1 Å². The average Bonchev–Trinajstić information content (AvgIpc) is 3.04. The molecule has 1 saturated carbocycles. The summed E-state index contributed by atoms with van der Waals surface area (Å²) in [6, 6.07) is 15.4. The Kier molecular flexibility index (Phi) is 19.4. The number of hydrazine groups is 1. The third kappa shape index (κ3) is 15.5. The maximum atomic E-state index is 12.7. The van der Waals surface area contributed by atoms with Crippen LogP contribution in [0.1, 0.15) is 104 Å². The van der Waals surface area contributed by atoms with Crippen molar-refractivity contribution in [1.82, 2.24) is 10.7 Å². The number of ether oxygens (including phenoxy) is 1. The fourth-order valence-electron chi connectivity index (χ4n) is 4.78. The lowest BCUT2D eigenvalue weighted by atomic mass is 9.86. The molecule has 2 aromatic rings. The van der Waals surface area contributed by atoms with Crippen LogP contribution < -0.4 is 10.7 Å². The molecule has 2 aromatic carbocycles. The zero-order valence-electron chi connectivity index (χ0n) is 28.5. The van der Waals surface area contributed by atoms with Crippen molar-refractivity contribution in [2.45, 2.75) is 106 Å². The van der Waals surface area contributed by atoms with E-state index in [4.69, 9.17) is 9.73 Å². The highest BCUT2D eigenvalue weighted by atomic mass is 16.5. The number of hydrogen-bond donors (Lipinski definition) is 2. The van der Waals surface area contributed by atoms with Crippen LogP contribution in [-0.2, 0) is 27.3 Å². The van der Waals surface area contributed by atoms with Crippen molar-refractivity contribution in [1.29, 1.82) is 0 Å². The van der Waals surface area contributed by atoms with E-state index in [2.05, 4.69) is 24.2 Å². The van der Waals surface area contributed by atoms with Crippen LogP contribution in [0.25, 0.3) is 5.57 Å². The molecule has 1 amide bonds. The minimum atomic E-state index is -0.208. The van der Waals surface area contributed by atoms with Crippen LogP contribution in [0.2, 0.25) is 0 Å². The molecule has 0 bridgehead atoms. The Balaban J connectivity index is 0.000000792. The summed E-state index contributed by atoms with van der Waals surface area (Å²) in [5.74, 6) is 0.273. The number of amides is 1. The second-order valence-electron chi connectivity index (χ2n) is 11.0. The van der Waals surface area contributed by atoms with Gasteiger partial charge in [0.15, 0.2) is 4.87 Å². The molecular formula is C37H55N4O4+. The summed E-state index contributed by atoms with van der Waals surface area (Å²) in [6.07, 6.45) is 10.2. The maximum Gasteiger partial charge on any atom is 0.309 e. The summed E-state index contributed by atoms with van der Waals surface area (Å²) in [4.78, 5) is 41.3. The number of hydrogen-bond acceptors (Lipinski definition) is 5. The molecule has 0 unspecified atom stereocenters. The molecule has 0 atom stereocenters. The minimum Gasteiger partial charge on any atom is -0.463 e. The molecule has 1 fully saturated rings. The van der Waals surface area contributed by atoms with Gasteiger partial charge in [0.1, 0.15) is 0 Å². The largest absolute Gasteiger partial charge is 0.463 e. The first-order valence-electron chi connectivity index (χ1n) is 16.3. The van der Waals surface area contributed by atoms with Gasteiger partial charge in [0.2, 0.25) is 5.91 Å². The molecule has 0 aromatic heterocycles. The van der Waals surface area contributed by atoms with Crippen LogP contribution in [-0.4, -0.2) is 35.1 Å². The normalized spacial score (nSPS) is 13.4. The highest BCUT2D eigenvalue weighted by Crippen LogP contribution is 2.28. The molecule has 0 heterocycles. The van der Waals surface area contributed by atoms with E-state index < -0.39 is 0 Å². The van der Waals surface area contributed by atoms with E-state index in [1.165, 1.54) is 38.2 Å². The number of nitroso groups, excluding NO2 is 1. The number of allylic oxidation sites excluding steroid dienone is 1. The van der Waals surface area contributed by atoms with Crippen molar-refractivity contribution in [3.8, 4) is 0 Å². The lowest BCUT2D eigenvalue weighted by Crippen LogP contribution is -2.25. The summed E-state index contributed by atoms with van der Waals surface area (Å²) in [7, 11) is 0. The molecule has 3 rings (SSSR count). The lowest BCUT2D eigenvalue weighted by molar-refractivity contribution is -0.527. The van der Waals surface area contributed by atoms with Gasteiger partial charge in [-0.1, -0.05) is 75.6 Å². The molecule has 45 heavy (non-hydrogen) atoms. The van der Waals surface area contributed by atoms with Crippen LogP contribution in [0, 0.1) is 10.8 Å². The van der Waals surface area contributed by atoms with E-state index in [0.29, 0.717) is 31.1 Å². The van der Waals surface area contributed by atoms with Gasteiger partial charge >= 0.3 is 5.97 Å². The van der Waals surface area contributed by atoms with Gasteiger partial charge in [0.25, 0.3) is 5.69 Å². The number of aliphatic imine (C=N–C) groups is 1. The van der Waals surface area contributed by atoms with Gasteiger partial charge in [-0.15, -0.1) is 12.0 Å². The van der Waals surface area contributed by atoms with Gasteiger partial charge in [-0.3, -0.25) is 14.6 Å². The van der Waals surface area contributed by atoms with E-state index in [0.717, 1.165) is 32.8 Å². The van der Waals surface area contributed by atoms with Gasteiger partial charge in [-0.05, 0) is 76.1 Å².